The fourth-order valence-corrected chi connectivity index (χ4v) is 3.68. The molecule has 0 spiro atoms. The van der Waals surface area contributed by atoms with E-state index in [1.165, 1.54) is 55.7 Å². The molecule has 0 unspecified atom stereocenters. The van der Waals surface area contributed by atoms with Gasteiger partial charge in [-0.3, -0.25) is 14.5 Å². The molecule has 0 aliphatic heterocycles. The number of hydrogen-bond acceptors (Lipinski definition) is 2. The SMILES string of the molecule is CCCCCCCCCCN(C(=O)c1cccc(Cl)c1F)C(=O)c1cccc(Cl)c1F. The predicted molar refractivity (Wildman–Crippen MR) is 121 cm³/mol. The molecule has 0 saturated carbocycles. The molecule has 3 nitrogen and oxygen atoms in total. The minimum Gasteiger partial charge on any atom is -0.274 e. The molecule has 0 bridgehead atoms. The van der Waals surface area contributed by atoms with Gasteiger partial charge >= 0.3 is 0 Å². The lowest BCUT2D eigenvalue weighted by molar-refractivity contribution is 0.0608. The molecule has 2 amide bonds. The third-order valence-electron chi connectivity index (χ3n) is 5.09. The average Bonchev–Trinajstić information content (AvgIpc) is 2.75. The number of halogens is 4. The number of amides is 2. The second kappa shape index (κ2) is 12.8. The molecule has 0 aliphatic carbocycles. The Labute approximate surface area is 192 Å². The molecule has 2 aromatic rings. The Morgan fingerprint density at radius 1 is 0.742 bits per heavy atom. The van der Waals surface area contributed by atoms with Crippen LogP contribution in [0.2, 0.25) is 10.0 Å². The van der Waals surface area contributed by atoms with E-state index in [-0.39, 0.29) is 27.7 Å². The van der Waals surface area contributed by atoms with E-state index in [4.69, 9.17) is 23.2 Å². The Bertz CT molecular complexity index is 842. The molecule has 31 heavy (non-hydrogen) atoms. The maximum absolute atomic E-state index is 14.4. The van der Waals surface area contributed by atoms with E-state index in [9.17, 15) is 18.4 Å². The molecule has 0 saturated heterocycles. The average molecular weight is 470 g/mol. The third-order valence-corrected chi connectivity index (χ3v) is 5.67. The lowest BCUT2D eigenvalue weighted by atomic mass is 10.1. The molecule has 0 radical (unpaired) electrons. The largest absolute Gasteiger partial charge is 0.274 e. The van der Waals surface area contributed by atoms with Gasteiger partial charge in [-0.2, -0.15) is 0 Å². The maximum atomic E-state index is 14.4. The molecule has 168 valence electrons. The van der Waals surface area contributed by atoms with Crippen molar-refractivity contribution >= 4 is 35.0 Å². The lowest BCUT2D eigenvalue weighted by Crippen LogP contribution is -2.38. The van der Waals surface area contributed by atoms with Gasteiger partial charge in [0.25, 0.3) is 11.8 Å². The van der Waals surface area contributed by atoms with E-state index in [1.54, 1.807) is 0 Å². The molecule has 7 heteroatoms. The molecule has 2 aromatic carbocycles. The number of unbranched alkanes of at least 4 members (excludes halogenated alkanes) is 7. The van der Waals surface area contributed by atoms with Crippen LogP contribution in [0.25, 0.3) is 0 Å². The van der Waals surface area contributed by atoms with Crippen molar-refractivity contribution in [2.45, 2.75) is 58.3 Å². The quantitative estimate of drug-likeness (QED) is 0.249. The van der Waals surface area contributed by atoms with Crippen LogP contribution < -0.4 is 0 Å². The van der Waals surface area contributed by atoms with Crippen LogP contribution in [0.5, 0.6) is 0 Å². The van der Waals surface area contributed by atoms with Crippen LogP contribution in [0.4, 0.5) is 8.78 Å². The lowest BCUT2D eigenvalue weighted by Gasteiger charge is -2.22. The summed E-state index contributed by atoms with van der Waals surface area (Å²) in [5.41, 5.74) is -0.661. The maximum Gasteiger partial charge on any atom is 0.263 e. The highest BCUT2D eigenvalue weighted by Gasteiger charge is 2.28. The standard InChI is InChI=1S/C24H27Cl2F2NO2/c1-2-3-4-5-6-7-8-9-16-29(23(30)17-12-10-14-19(25)21(17)27)24(31)18-13-11-15-20(26)22(18)28/h10-15H,2-9,16H2,1H3. The normalized spacial score (nSPS) is 10.9. The van der Waals surface area contributed by atoms with Crippen molar-refractivity contribution in [3.05, 3.63) is 69.2 Å². The van der Waals surface area contributed by atoms with Gasteiger partial charge in [-0.15, -0.1) is 0 Å². The minimum atomic E-state index is -0.908. The molecule has 0 heterocycles. The third kappa shape index (κ3) is 7.01. The summed E-state index contributed by atoms with van der Waals surface area (Å²) in [6, 6.07) is 8.00. The van der Waals surface area contributed by atoms with Gasteiger partial charge in [0.05, 0.1) is 21.2 Å². The van der Waals surface area contributed by atoms with Crippen molar-refractivity contribution in [3.8, 4) is 0 Å². The Morgan fingerprint density at radius 3 is 1.61 bits per heavy atom. The van der Waals surface area contributed by atoms with Crippen molar-refractivity contribution in [2.75, 3.05) is 6.54 Å². The zero-order chi connectivity index (χ0) is 22.8. The Morgan fingerprint density at radius 2 is 1.16 bits per heavy atom. The van der Waals surface area contributed by atoms with Crippen LogP contribution in [0, 0.1) is 11.6 Å². The summed E-state index contributed by atoms with van der Waals surface area (Å²) >= 11 is 11.6. The van der Waals surface area contributed by atoms with E-state index in [0.717, 1.165) is 30.6 Å². The van der Waals surface area contributed by atoms with E-state index >= 15 is 0 Å². The van der Waals surface area contributed by atoms with Gasteiger partial charge in [0, 0.05) is 6.54 Å². The zero-order valence-electron chi connectivity index (χ0n) is 17.6. The van der Waals surface area contributed by atoms with Crippen molar-refractivity contribution in [1.82, 2.24) is 4.90 Å². The highest BCUT2D eigenvalue weighted by Crippen LogP contribution is 2.23. The van der Waals surface area contributed by atoms with E-state index in [0.29, 0.717) is 6.42 Å². The number of rotatable bonds is 11. The highest BCUT2D eigenvalue weighted by molar-refractivity contribution is 6.31. The highest BCUT2D eigenvalue weighted by atomic mass is 35.5. The first-order valence-corrected chi connectivity index (χ1v) is 11.4. The van der Waals surface area contributed by atoms with Gasteiger partial charge in [0.2, 0.25) is 0 Å². The van der Waals surface area contributed by atoms with Crippen molar-refractivity contribution in [1.29, 1.82) is 0 Å². The molecular formula is C24H27Cl2F2NO2. The monoisotopic (exact) mass is 469 g/mol. The Balaban J connectivity index is 2.15. The summed E-state index contributed by atoms with van der Waals surface area (Å²) in [5, 5.41) is -0.446. The number of imide groups is 1. The van der Waals surface area contributed by atoms with Gasteiger partial charge in [-0.25, -0.2) is 8.78 Å². The first-order chi connectivity index (χ1) is 14.9. The van der Waals surface area contributed by atoms with Gasteiger partial charge in [-0.05, 0) is 30.7 Å². The van der Waals surface area contributed by atoms with Gasteiger partial charge in [0.15, 0.2) is 11.6 Å². The van der Waals surface area contributed by atoms with Crippen molar-refractivity contribution in [3.63, 3.8) is 0 Å². The van der Waals surface area contributed by atoms with Crippen LogP contribution in [0.1, 0.15) is 79.0 Å². The molecule has 0 atom stereocenters. The number of hydrogen-bond donors (Lipinski definition) is 0. The summed E-state index contributed by atoms with van der Waals surface area (Å²) in [5.74, 6) is -3.52. The summed E-state index contributed by atoms with van der Waals surface area (Å²) in [4.78, 5) is 26.9. The number of benzene rings is 2. The number of carbonyl (C=O) groups excluding carboxylic acids is 2. The second-order valence-corrected chi connectivity index (χ2v) is 8.25. The topological polar surface area (TPSA) is 37.4 Å². The minimum absolute atomic E-state index is 0.0462. The van der Waals surface area contributed by atoms with Gasteiger partial charge < -0.3 is 0 Å². The molecule has 0 fully saturated rings. The van der Waals surface area contributed by atoms with Gasteiger partial charge in [-0.1, -0.05) is 87.2 Å². The van der Waals surface area contributed by atoms with Crippen molar-refractivity contribution in [2.24, 2.45) is 0 Å². The summed E-state index contributed by atoms with van der Waals surface area (Å²) in [6.07, 6.45) is 8.13. The van der Waals surface area contributed by atoms with Crippen LogP contribution in [-0.4, -0.2) is 23.3 Å². The summed E-state index contributed by atoms with van der Waals surface area (Å²) in [7, 11) is 0. The van der Waals surface area contributed by atoms with Gasteiger partial charge in [0.1, 0.15) is 0 Å². The van der Waals surface area contributed by atoms with Crippen molar-refractivity contribution < 1.29 is 18.4 Å². The predicted octanol–water partition coefficient (Wildman–Crippen LogP) is 7.69. The molecule has 2 rings (SSSR count). The van der Waals surface area contributed by atoms with Crippen LogP contribution in [-0.2, 0) is 0 Å². The molecular weight excluding hydrogens is 443 g/mol. The summed E-state index contributed by atoms with van der Waals surface area (Å²) < 4.78 is 28.9. The van der Waals surface area contributed by atoms with E-state index < -0.39 is 23.4 Å². The van der Waals surface area contributed by atoms with Crippen LogP contribution in [0.15, 0.2) is 36.4 Å². The number of nitrogens with zero attached hydrogens (tertiary/aromatic N) is 1. The number of carbonyl (C=O) groups is 2. The first kappa shape index (κ1) is 25.3. The Kier molecular flexibility index (Phi) is 10.4. The van der Waals surface area contributed by atoms with Crippen LogP contribution >= 0.6 is 23.2 Å². The van der Waals surface area contributed by atoms with E-state index in [1.807, 2.05) is 0 Å². The second-order valence-electron chi connectivity index (χ2n) is 7.44. The zero-order valence-corrected chi connectivity index (χ0v) is 19.1. The molecule has 0 aromatic heterocycles. The molecule has 0 aliphatic rings. The Hall–Kier alpha value is -1.98. The summed E-state index contributed by atoms with van der Waals surface area (Å²) in [6.45, 7) is 2.21. The molecule has 0 N–H and O–H groups in total. The smallest absolute Gasteiger partial charge is 0.263 e. The fraction of sp³-hybridized carbons (Fsp3) is 0.417. The fourth-order valence-electron chi connectivity index (χ4n) is 3.33. The first-order valence-electron chi connectivity index (χ1n) is 10.6. The van der Waals surface area contributed by atoms with E-state index in [2.05, 4.69) is 6.92 Å². The van der Waals surface area contributed by atoms with Crippen LogP contribution in [0.3, 0.4) is 0 Å².